The number of halogens is 1. The van der Waals surface area contributed by atoms with Crippen LogP contribution in [-0.4, -0.2) is 30.7 Å². The molecule has 3 rings (SSSR count). The summed E-state index contributed by atoms with van der Waals surface area (Å²) in [5.74, 6) is -0.347. The van der Waals surface area contributed by atoms with Gasteiger partial charge in [0, 0.05) is 23.9 Å². The van der Waals surface area contributed by atoms with Crippen LogP contribution in [0.2, 0.25) is 0 Å². The largest absolute Gasteiger partial charge is 1.00 e. The summed E-state index contributed by atoms with van der Waals surface area (Å²) in [5, 5.41) is 12.8. The van der Waals surface area contributed by atoms with E-state index in [1.807, 2.05) is 18.2 Å². The molecule has 20 heavy (non-hydrogen) atoms. The van der Waals surface area contributed by atoms with Gasteiger partial charge in [-0.25, -0.2) is 9.78 Å². The molecule has 0 bridgehead atoms. The van der Waals surface area contributed by atoms with E-state index in [2.05, 4.69) is 15.1 Å². The summed E-state index contributed by atoms with van der Waals surface area (Å²) in [6, 6.07) is 5.50. The lowest BCUT2D eigenvalue weighted by Crippen LogP contribution is -3.00. The average molecular weight is 336 g/mol. The highest BCUT2D eigenvalue weighted by atomic mass is 79.9. The van der Waals surface area contributed by atoms with Crippen LogP contribution in [-0.2, 0) is 11.3 Å². The quantitative estimate of drug-likeness (QED) is 0.521. The highest BCUT2D eigenvalue weighted by molar-refractivity contribution is 5.65. The summed E-state index contributed by atoms with van der Waals surface area (Å²) in [6.45, 7) is -0.0602. The van der Waals surface area contributed by atoms with Crippen LogP contribution in [0.3, 0.4) is 0 Å². The molecular weight excluding hydrogens is 326 g/mol. The molecule has 8 heteroatoms. The summed E-state index contributed by atoms with van der Waals surface area (Å²) in [5.41, 5.74) is 1.77. The fourth-order valence-electron chi connectivity index (χ4n) is 1.85. The van der Waals surface area contributed by atoms with Crippen LogP contribution in [0.5, 0.6) is 0 Å². The minimum Gasteiger partial charge on any atom is -1.00 e. The van der Waals surface area contributed by atoms with E-state index in [-0.39, 0.29) is 23.5 Å². The Morgan fingerprint density at radius 2 is 2.00 bits per heavy atom. The second kappa shape index (κ2) is 5.74. The van der Waals surface area contributed by atoms with Gasteiger partial charge in [0.2, 0.25) is 6.54 Å². The number of pyridine rings is 1. The predicted octanol–water partition coefficient (Wildman–Crippen LogP) is -2.83. The van der Waals surface area contributed by atoms with Crippen LogP contribution in [0.15, 0.2) is 43.1 Å². The molecule has 0 aliphatic rings. The Bertz CT molecular complexity index is 741. The summed E-state index contributed by atoms with van der Waals surface area (Å²) in [7, 11) is 0. The van der Waals surface area contributed by atoms with E-state index in [0.717, 1.165) is 11.3 Å². The van der Waals surface area contributed by atoms with Crippen molar-refractivity contribution in [3.63, 3.8) is 0 Å². The number of fused-ring (bicyclic) bond motifs is 1. The van der Waals surface area contributed by atoms with Gasteiger partial charge in [0.15, 0.2) is 12.4 Å². The summed E-state index contributed by atoms with van der Waals surface area (Å²) in [6.07, 6.45) is 6.54. The fourth-order valence-corrected chi connectivity index (χ4v) is 1.85. The van der Waals surface area contributed by atoms with Gasteiger partial charge in [-0.1, -0.05) is 0 Å². The first-order chi connectivity index (χ1) is 9.24. The minimum absolute atomic E-state index is 0. The molecule has 0 fully saturated rings. The maximum absolute atomic E-state index is 10.6. The SMILES string of the molecule is O=C(O)C[n+]1ccc(-c2ccnc3ncnn23)cc1.[Br-]. The third-order valence-corrected chi connectivity index (χ3v) is 2.69. The highest BCUT2D eigenvalue weighted by Gasteiger charge is 2.10. The van der Waals surface area contributed by atoms with Gasteiger partial charge < -0.3 is 22.1 Å². The first-order valence-electron chi connectivity index (χ1n) is 5.60. The molecule has 0 atom stereocenters. The van der Waals surface area contributed by atoms with Crippen LogP contribution in [0.25, 0.3) is 17.0 Å². The Hall–Kier alpha value is -2.35. The normalized spacial score (nSPS) is 10.2. The van der Waals surface area contributed by atoms with E-state index in [9.17, 15) is 4.79 Å². The molecular formula is C12H10BrN5O2. The van der Waals surface area contributed by atoms with Crippen molar-refractivity contribution in [3.8, 4) is 11.3 Å². The van der Waals surface area contributed by atoms with Gasteiger partial charge in [-0.3, -0.25) is 0 Å². The van der Waals surface area contributed by atoms with Gasteiger partial charge in [0.05, 0.1) is 5.69 Å². The Morgan fingerprint density at radius 3 is 2.70 bits per heavy atom. The van der Waals surface area contributed by atoms with Crippen molar-refractivity contribution in [2.24, 2.45) is 0 Å². The van der Waals surface area contributed by atoms with Gasteiger partial charge in [0.1, 0.15) is 6.33 Å². The lowest BCUT2D eigenvalue weighted by atomic mass is 10.2. The number of carboxylic acid groups (broad SMARTS) is 1. The number of rotatable bonds is 3. The Labute approximate surface area is 124 Å². The maximum atomic E-state index is 10.6. The maximum Gasteiger partial charge on any atom is 0.370 e. The molecule has 0 saturated carbocycles. The fraction of sp³-hybridized carbons (Fsp3) is 0.0833. The lowest BCUT2D eigenvalue weighted by Gasteiger charge is -2.02. The zero-order valence-corrected chi connectivity index (χ0v) is 11.8. The van der Waals surface area contributed by atoms with E-state index in [1.165, 1.54) is 6.33 Å². The van der Waals surface area contributed by atoms with E-state index in [4.69, 9.17) is 5.11 Å². The molecule has 0 spiro atoms. The van der Waals surface area contributed by atoms with E-state index in [1.54, 1.807) is 27.7 Å². The van der Waals surface area contributed by atoms with E-state index >= 15 is 0 Å². The standard InChI is InChI=1S/C12H9N5O2.BrH/c18-11(19)7-16-5-2-9(3-6-16)10-1-4-13-12-14-8-15-17(10)12;/h1-6,8H,7H2;1H. The Morgan fingerprint density at radius 1 is 1.25 bits per heavy atom. The number of nitrogens with zero attached hydrogens (tertiary/aromatic N) is 5. The van der Waals surface area contributed by atoms with Crippen LogP contribution < -0.4 is 21.5 Å². The van der Waals surface area contributed by atoms with Gasteiger partial charge in [-0.05, 0) is 6.07 Å². The van der Waals surface area contributed by atoms with Crippen molar-refractivity contribution in [2.75, 3.05) is 0 Å². The highest BCUT2D eigenvalue weighted by Crippen LogP contribution is 2.16. The van der Waals surface area contributed by atoms with Crippen molar-refractivity contribution in [3.05, 3.63) is 43.1 Å². The predicted molar refractivity (Wildman–Crippen MR) is 64.0 cm³/mol. The van der Waals surface area contributed by atoms with Gasteiger partial charge in [0.25, 0.3) is 5.78 Å². The first kappa shape index (κ1) is 14.1. The van der Waals surface area contributed by atoms with Crippen molar-refractivity contribution >= 4 is 11.7 Å². The average Bonchev–Trinajstić information content (AvgIpc) is 2.87. The topological polar surface area (TPSA) is 84.3 Å². The summed E-state index contributed by atoms with van der Waals surface area (Å²) < 4.78 is 3.22. The number of carbonyl (C=O) groups is 1. The molecule has 0 radical (unpaired) electrons. The monoisotopic (exact) mass is 335 g/mol. The number of hydrogen-bond donors (Lipinski definition) is 1. The van der Waals surface area contributed by atoms with Crippen molar-refractivity contribution in [2.45, 2.75) is 6.54 Å². The lowest BCUT2D eigenvalue weighted by molar-refractivity contribution is -0.685. The van der Waals surface area contributed by atoms with Gasteiger partial charge in [-0.15, -0.1) is 0 Å². The molecule has 0 aliphatic carbocycles. The van der Waals surface area contributed by atoms with Crippen molar-refractivity contribution in [1.29, 1.82) is 0 Å². The second-order valence-corrected chi connectivity index (χ2v) is 3.95. The van der Waals surface area contributed by atoms with Crippen LogP contribution >= 0.6 is 0 Å². The van der Waals surface area contributed by atoms with Crippen LogP contribution in [0, 0.1) is 0 Å². The second-order valence-electron chi connectivity index (χ2n) is 3.95. The first-order valence-corrected chi connectivity index (χ1v) is 5.60. The molecule has 7 nitrogen and oxygen atoms in total. The number of carboxylic acids is 1. The van der Waals surface area contributed by atoms with Crippen LogP contribution in [0.1, 0.15) is 0 Å². The molecule has 0 aliphatic heterocycles. The van der Waals surface area contributed by atoms with Crippen LogP contribution in [0.4, 0.5) is 0 Å². The third kappa shape index (κ3) is 2.64. The molecule has 0 amide bonds. The number of aliphatic carboxylic acids is 1. The van der Waals surface area contributed by atoms with Crippen molar-refractivity contribution in [1.82, 2.24) is 19.6 Å². The molecule has 0 saturated heterocycles. The van der Waals surface area contributed by atoms with Gasteiger partial charge >= 0.3 is 5.97 Å². The minimum atomic E-state index is -0.875. The smallest absolute Gasteiger partial charge is 0.370 e. The molecule has 3 heterocycles. The van der Waals surface area contributed by atoms with Crippen molar-refractivity contribution < 1.29 is 31.4 Å². The third-order valence-electron chi connectivity index (χ3n) is 2.69. The molecule has 1 N–H and O–H groups in total. The summed E-state index contributed by atoms with van der Waals surface area (Å²) in [4.78, 5) is 18.7. The molecule has 0 unspecified atom stereocenters. The van der Waals surface area contributed by atoms with E-state index < -0.39 is 5.97 Å². The zero-order chi connectivity index (χ0) is 13.2. The molecule has 102 valence electrons. The summed E-state index contributed by atoms with van der Waals surface area (Å²) >= 11 is 0. The number of hydrogen-bond acceptors (Lipinski definition) is 4. The number of aromatic nitrogens is 5. The molecule has 3 aromatic heterocycles. The molecule has 3 aromatic rings. The van der Waals surface area contributed by atoms with E-state index in [0.29, 0.717) is 5.78 Å². The Balaban J connectivity index is 0.00000147. The van der Waals surface area contributed by atoms with Gasteiger partial charge in [-0.2, -0.15) is 19.2 Å². The Kier molecular flexibility index (Phi) is 4.04. The zero-order valence-electron chi connectivity index (χ0n) is 10.2. The molecule has 0 aromatic carbocycles.